The highest BCUT2D eigenvalue weighted by molar-refractivity contribution is 5.89. The Bertz CT molecular complexity index is 900. The first-order chi connectivity index (χ1) is 12.6. The molecule has 1 unspecified atom stereocenters. The largest absolute Gasteiger partial charge is 0.497 e. The van der Waals surface area contributed by atoms with Gasteiger partial charge in [0.25, 0.3) is 0 Å². The van der Waals surface area contributed by atoms with Crippen LogP contribution in [0.25, 0.3) is 10.8 Å². The maximum atomic E-state index is 12.0. The fraction of sp³-hybridized carbons (Fsp3) is 0.227. The molecule has 1 N–H and O–H groups in total. The SMILES string of the molecule is CCOc1ccc2ccccc2c1CC(C(=O)O)c1ccc(OC)cc1. The molecule has 0 radical (unpaired) electrons. The zero-order chi connectivity index (χ0) is 18.5. The van der Waals surface area contributed by atoms with E-state index in [9.17, 15) is 9.90 Å². The highest BCUT2D eigenvalue weighted by Gasteiger charge is 2.23. The second-order valence-corrected chi connectivity index (χ2v) is 6.06. The van der Waals surface area contributed by atoms with E-state index in [0.717, 1.165) is 27.6 Å². The van der Waals surface area contributed by atoms with E-state index in [1.165, 1.54) is 0 Å². The van der Waals surface area contributed by atoms with E-state index in [0.29, 0.717) is 18.8 Å². The maximum Gasteiger partial charge on any atom is 0.311 e. The maximum absolute atomic E-state index is 12.0. The van der Waals surface area contributed by atoms with Crippen molar-refractivity contribution in [3.63, 3.8) is 0 Å². The molecule has 1 atom stereocenters. The summed E-state index contributed by atoms with van der Waals surface area (Å²) in [4.78, 5) is 12.0. The lowest BCUT2D eigenvalue weighted by molar-refractivity contribution is -0.138. The van der Waals surface area contributed by atoms with Gasteiger partial charge in [0.05, 0.1) is 19.6 Å². The van der Waals surface area contributed by atoms with E-state index in [1.54, 1.807) is 19.2 Å². The minimum Gasteiger partial charge on any atom is -0.497 e. The van der Waals surface area contributed by atoms with Crippen LogP contribution in [-0.2, 0) is 11.2 Å². The molecule has 0 aromatic heterocycles. The molecule has 0 aliphatic heterocycles. The van der Waals surface area contributed by atoms with Gasteiger partial charge in [-0.15, -0.1) is 0 Å². The normalized spacial score (nSPS) is 11.9. The summed E-state index contributed by atoms with van der Waals surface area (Å²) < 4.78 is 11.0. The highest BCUT2D eigenvalue weighted by Crippen LogP contribution is 2.33. The van der Waals surface area contributed by atoms with Gasteiger partial charge in [0.2, 0.25) is 0 Å². The molecule has 4 nitrogen and oxygen atoms in total. The first kappa shape index (κ1) is 17.8. The summed E-state index contributed by atoms with van der Waals surface area (Å²) in [5, 5.41) is 11.9. The summed E-state index contributed by atoms with van der Waals surface area (Å²) in [6.45, 7) is 2.46. The van der Waals surface area contributed by atoms with Crippen molar-refractivity contribution in [1.82, 2.24) is 0 Å². The molecule has 134 valence electrons. The molecule has 0 amide bonds. The Morgan fingerprint density at radius 1 is 1.04 bits per heavy atom. The van der Waals surface area contributed by atoms with Crippen molar-refractivity contribution in [2.24, 2.45) is 0 Å². The zero-order valence-corrected chi connectivity index (χ0v) is 14.9. The van der Waals surface area contributed by atoms with Crippen LogP contribution < -0.4 is 9.47 Å². The Kier molecular flexibility index (Phi) is 5.42. The molecule has 3 aromatic carbocycles. The summed E-state index contributed by atoms with van der Waals surface area (Å²) in [6.07, 6.45) is 0.359. The van der Waals surface area contributed by atoms with Crippen molar-refractivity contribution in [2.75, 3.05) is 13.7 Å². The third kappa shape index (κ3) is 3.64. The number of benzene rings is 3. The van der Waals surface area contributed by atoms with Gasteiger partial charge in [-0.05, 0) is 47.9 Å². The number of fused-ring (bicyclic) bond motifs is 1. The van der Waals surface area contributed by atoms with Crippen LogP contribution in [0.3, 0.4) is 0 Å². The molecular weight excluding hydrogens is 328 g/mol. The van der Waals surface area contributed by atoms with Crippen molar-refractivity contribution >= 4 is 16.7 Å². The topological polar surface area (TPSA) is 55.8 Å². The lowest BCUT2D eigenvalue weighted by atomic mass is 9.89. The zero-order valence-electron chi connectivity index (χ0n) is 14.9. The number of carboxylic acid groups (broad SMARTS) is 1. The molecule has 0 saturated carbocycles. The van der Waals surface area contributed by atoms with Crippen molar-refractivity contribution < 1.29 is 19.4 Å². The van der Waals surface area contributed by atoms with E-state index < -0.39 is 11.9 Å². The minimum absolute atomic E-state index is 0.359. The number of rotatable bonds is 7. The Morgan fingerprint density at radius 2 is 1.77 bits per heavy atom. The van der Waals surface area contributed by atoms with Crippen molar-refractivity contribution in [1.29, 1.82) is 0 Å². The number of hydrogen-bond acceptors (Lipinski definition) is 3. The van der Waals surface area contributed by atoms with Gasteiger partial charge in [-0.2, -0.15) is 0 Å². The fourth-order valence-electron chi connectivity index (χ4n) is 3.21. The standard InChI is InChI=1S/C22H22O4/c1-3-26-21-13-10-15-6-4-5-7-18(15)20(21)14-19(22(23)24)16-8-11-17(25-2)12-9-16/h4-13,19H,3,14H2,1-2H3,(H,23,24). The van der Waals surface area contributed by atoms with Gasteiger partial charge in [0.15, 0.2) is 0 Å². The molecule has 3 aromatic rings. The lowest BCUT2D eigenvalue weighted by Crippen LogP contribution is -2.15. The van der Waals surface area contributed by atoms with Crippen LogP contribution in [0, 0.1) is 0 Å². The summed E-state index contributed by atoms with van der Waals surface area (Å²) in [5.41, 5.74) is 1.67. The Balaban J connectivity index is 2.05. The number of carbonyl (C=O) groups is 1. The van der Waals surface area contributed by atoms with Crippen molar-refractivity contribution in [2.45, 2.75) is 19.3 Å². The first-order valence-corrected chi connectivity index (χ1v) is 8.64. The molecule has 0 aliphatic carbocycles. The van der Waals surface area contributed by atoms with Gasteiger partial charge >= 0.3 is 5.97 Å². The lowest BCUT2D eigenvalue weighted by Gasteiger charge is -2.18. The van der Waals surface area contributed by atoms with E-state index in [2.05, 4.69) is 0 Å². The minimum atomic E-state index is -0.856. The van der Waals surface area contributed by atoms with E-state index in [-0.39, 0.29) is 0 Å². The monoisotopic (exact) mass is 350 g/mol. The molecule has 0 heterocycles. The smallest absolute Gasteiger partial charge is 0.311 e. The predicted octanol–water partition coefficient (Wildman–Crippen LogP) is 4.66. The first-order valence-electron chi connectivity index (χ1n) is 8.64. The van der Waals surface area contributed by atoms with E-state index in [1.807, 2.05) is 55.5 Å². The highest BCUT2D eigenvalue weighted by atomic mass is 16.5. The van der Waals surface area contributed by atoms with Crippen LogP contribution in [0.2, 0.25) is 0 Å². The number of aliphatic carboxylic acids is 1. The Morgan fingerprint density at radius 3 is 2.42 bits per heavy atom. The fourth-order valence-corrected chi connectivity index (χ4v) is 3.21. The van der Waals surface area contributed by atoms with Gasteiger partial charge in [-0.1, -0.05) is 42.5 Å². The quantitative estimate of drug-likeness (QED) is 0.673. The molecule has 0 fully saturated rings. The van der Waals surface area contributed by atoms with Gasteiger partial charge < -0.3 is 14.6 Å². The predicted molar refractivity (Wildman–Crippen MR) is 102 cm³/mol. The third-order valence-corrected chi connectivity index (χ3v) is 4.52. The number of hydrogen-bond donors (Lipinski definition) is 1. The average Bonchev–Trinajstić information content (AvgIpc) is 2.67. The molecule has 0 saturated heterocycles. The van der Waals surface area contributed by atoms with Crippen LogP contribution in [0.15, 0.2) is 60.7 Å². The average molecular weight is 350 g/mol. The second-order valence-electron chi connectivity index (χ2n) is 6.06. The molecule has 0 bridgehead atoms. The van der Waals surface area contributed by atoms with Gasteiger partial charge in [-0.3, -0.25) is 4.79 Å². The molecular formula is C22H22O4. The second kappa shape index (κ2) is 7.91. The third-order valence-electron chi connectivity index (χ3n) is 4.52. The number of carboxylic acids is 1. The van der Waals surface area contributed by atoms with Gasteiger partial charge in [0, 0.05) is 5.56 Å². The number of ether oxygens (including phenoxy) is 2. The summed E-state index contributed by atoms with van der Waals surface area (Å²) in [7, 11) is 1.59. The van der Waals surface area contributed by atoms with Crippen LogP contribution in [-0.4, -0.2) is 24.8 Å². The molecule has 0 aliphatic rings. The molecule has 26 heavy (non-hydrogen) atoms. The van der Waals surface area contributed by atoms with Crippen molar-refractivity contribution in [3.05, 3.63) is 71.8 Å². The summed E-state index contributed by atoms with van der Waals surface area (Å²) in [5.74, 6) is -0.0690. The number of methoxy groups -OCH3 is 1. The van der Waals surface area contributed by atoms with E-state index >= 15 is 0 Å². The van der Waals surface area contributed by atoms with E-state index in [4.69, 9.17) is 9.47 Å². The van der Waals surface area contributed by atoms with Crippen molar-refractivity contribution in [3.8, 4) is 11.5 Å². The summed E-state index contributed by atoms with van der Waals surface area (Å²) >= 11 is 0. The molecule has 0 spiro atoms. The molecule has 4 heteroatoms. The van der Waals surface area contributed by atoms with Gasteiger partial charge in [-0.25, -0.2) is 0 Å². The van der Waals surface area contributed by atoms with Crippen LogP contribution in [0.5, 0.6) is 11.5 Å². The van der Waals surface area contributed by atoms with Crippen LogP contribution in [0.4, 0.5) is 0 Å². The molecule has 3 rings (SSSR count). The van der Waals surface area contributed by atoms with Gasteiger partial charge in [0.1, 0.15) is 11.5 Å². The van der Waals surface area contributed by atoms with Crippen LogP contribution in [0.1, 0.15) is 24.0 Å². The van der Waals surface area contributed by atoms with Crippen LogP contribution >= 0.6 is 0 Å². The Hall–Kier alpha value is -3.01. The Labute approximate surface area is 153 Å². The summed E-state index contributed by atoms with van der Waals surface area (Å²) in [6, 6.07) is 19.1.